The molecule has 1 fully saturated rings. The molecule has 1 saturated heterocycles. The molecule has 5 rings (SSSR count). The van der Waals surface area contributed by atoms with Crippen molar-refractivity contribution in [1.29, 1.82) is 0 Å². The van der Waals surface area contributed by atoms with Crippen LogP contribution in [0.4, 0.5) is 21.2 Å². The highest BCUT2D eigenvalue weighted by atomic mass is 16.5. The number of carbonyl (C=O) groups is 20. The minimum absolute atomic E-state index is 0.00986. The molecule has 0 spiro atoms. The van der Waals surface area contributed by atoms with Gasteiger partial charge in [0.25, 0.3) is 12.4 Å². The monoisotopic (exact) mass is 1930 g/mol. The molecule has 1 aliphatic heterocycles. The van der Waals surface area contributed by atoms with Gasteiger partial charge in [-0.1, -0.05) is 43.5 Å². The van der Waals surface area contributed by atoms with Crippen molar-refractivity contribution in [2.75, 3.05) is 109 Å². The Labute approximate surface area is 784 Å². The number of ether oxygens (including phenoxy) is 1. The zero-order valence-electron chi connectivity index (χ0n) is 75.6. The smallest absolute Gasteiger partial charge is 0.326 e. The molecule has 0 saturated carbocycles. The first-order valence-corrected chi connectivity index (χ1v) is 44.5. The third-order valence-electron chi connectivity index (χ3n) is 21.9. The number of ketones is 3. The quantitative estimate of drug-likeness (QED) is 0.0163. The minimum Gasteiger partial charge on any atom is -0.481 e. The van der Waals surface area contributed by atoms with E-state index in [1.54, 1.807) is 43.9 Å². The number of hydrogen-bond acceptors (Lipinski definition) is 32. The number of carboxylic acids is 8. The van der Waals surface area contributed by atoms with E-state index in [2.05, 4.69) is 67.8 Å². The lowest BCUT2D eigenvalue weighted by Crippen LogP contribution is -2.52. The number of primary amides is 1. The standard InChI is InChI=1S/C86H123N21O30/c87-27-7-4-12-59(98-78(126)55(41-70(116)117)40-66(111)64(42-71(118)119)97-67(112)38-51-15-17-52(18-16-51)43-94-85(135)91-29-9-6-14-61(81(129)130)100-86(136)101-63(83(133)134)25-26-69(114)115)65(110)39-54(75(88)124)10-5-8-28-90-79(127)60(96-68(113)46-104-30-31-105(47-72(120)121)32-33-106(48-73(122)123)35-37-107(36-34-104)49-137-50-108)13-3-1-2-11-58(109)23-24-62(82(131)132)99-77(125)53-19-21-56(22-20-53)92-44-57-45-93-76-74(95-57)80(128)103-84(89)102-76/h15-22,45,50,54-55,59-64,92H,1-14,23-44,46-49,87H2,(H2,88,124)(H,90,127)(H,96,113)(H,97,112)(H,98,126)(H,99,125)(H,114,115)(H,116,117)(H,118,119)(H,120,121)(H,122,123)(H,129,130)(H,131,132)(H,133,134)(H2,91,94,135)(H2,100,101,136)(H3,89,93,102,103,128)/t54-,55+,59+,60+,61+,62+,63+,64+/m1/s1. The molecule has 0 radical (unpaired) electrons. The lowest BCUT2D eigenvalue weighted by atomic mass is 9.90. The largest absolute Gasteiger partial charge is 0.481 e. The van der Waals surface area contributed by atoms with E-state index in [1.807, 2.05) is 5.32 Å². The number of nitrogens with two attached hydrogens (primary N) is 3. The summed E-state index contributed by atoms with van der Waals surface area (Å²) >= 11 is 0. The zero-order chi connectivity index (χ0) is 101. The predicted molar refractivity (Wildman–Crippen MR) is 482 cm³/mol. The maximum Gasteiger partial charge on any atom is 0.326 e. The van der Waals surface area contributed by atoms with E-state index in [9.17, 15) is 136 Å². The van der Waals surface area contributed by atoms with Gasteiger partial charge in [0, 0.05) is 121 Å². The second-order valence-electron chi connectivity index (χ2n) is 32.7. The molecular formula is C86H123N21O30. The van der Waals surface area contributed by atoms with Crippen molar-refractivity contribution < 1.29 is 141 Å². The number of nitrogens with one attached hydrogen (secondary N) is 11. The van der Waals surface area contributed by atoms with Crippen molar-refractivity contribution in [2.24, 2.45) is 23.3 Å². The first-order chi connectivity index (χ1) is 65.2. The Bertz CT molecular complexity index is 4850. The number of anilines is 2. The maximum absolute atomic E-state index is 14.3. The van der Waals surface area contributed by atoms with Crippen molar-refractivity contribution in [3.63, 3.8) is 0 Å². The van der Waals surface area contributed by atoms with Gasteiger partial charge in [-0.2, -0.15) is 4.98 Å². The number of nitrogens with zero attached hydrogens (tertiary/aromatic N) is 7. The molecule has 8 atom stereocenters. The Hall–Kier alpha value is -14.3. The van der Waals surface area contributed by atoms with Gasteiger partial charge in [0.15, 0.2) is 22.7 Å². The number of hydrogen-bond donors (Lipinski definition) is 22. The second-order valence-corrected chi connectivity index (χ2v) is 32.7. The van der Waals surface area contributed by atoms with Crippen LogP contribution in [0.3, 0.4) is 0 Å². The van der Waals surface area contributed by atoms with E-state index in [0.29, 0.717) is 35.3 Å². The first-order valence-electron chi connectivity index (χ1n) is 44.5. The van der Waals surface area contributed by atoms with Crippen LogP contribution in [0.25, 0.3) is 11.2 Å². The van der Waals surface area contributed by atoms with E-state index in [-0.39, 0.29) is 230 Å². The summed E-state index contributed by atoms with van der Waals surface area (Å²) in [5.74, 6) is -21.2. The fraction of sp³-hybridized carbons (Fsp3) is 0.558. The number of benzene rings is 2. The molecule has 137 heavy (non-hydrogen) atoms. The van der Waals surface area contributed by atoms with Crippen LogP contribution in [-0.2, 0) is 106 Å². The van der Waals surface area contributed by atoms with Gasteiger partial charge < -0.3 is 121 Å². The Morgan fingerprint density at radius 1 is 0.460 bits per heavy atom. The Morgan fingerprint density at radius 2 is 0.985 bits per heavy atom. The summed E-state index contributed by atoms with van der Waals surface area (Å²) in [6, 6.07) is 1.37. The highest BCUT2D eigenvalue weighted by Crippen LogP contribution is 2.22. The van der Waals surface area contributed by atoms with Crippen molar-refractivity contribution in [3.05, 3.63) is 87.5 Å². The van der Waals surface area contributed by atoms with Crippen LogP contribution in [0.5, 0.6) is 0 Å². The summed E-state index contributed by atoms with van der Waals surface area (Å²) in [5, 5.41) is 102. The molecule has 10 amide bonds. The minimum atomic E-state index is -1.80. The van der Waals surface area contributed by atoms with Crippen LogP contribution >= 0.6 is 0 Å². The third kappa shape index (κ3) is 45.5. The van der Waals surface area contributed by atoms with Gasteiger partial charge in [-0.3, -0.25) is 96.3 Å². The molecule has 1 aliphatic rings. The van der Waals surface area contributed by atoms with E-state index in [4.69, 9.17) is 27.0 Å². The van der Waals surface area contributed by atoms with Crippen molar-refractivity contribution in [3.8, 4) is 0 Å². The molecule has 2 aromatic heterocycles. The summed E-state index contributed by atoms with van der Waals surface area (Å²) in [5.41, 5.74) is 18.6. The summed E-state index contributed by atoms with van der Waals surface area (Å²) in [6.45, 7) is 0.306. The van der Waals surface area contributed by atoms with E-state index in [1.165, 1.54) is 30.5 Å². The second kappa shape index (κ2) is 60.8. The molecular weight excluding hydrogens is 1810 g/mol. The Kier molecular flexibility index (Phi) is 50.2. The number of amides is 10. The zero-order valence-corrected chi connectivity index (χ0v) is 75.6. The number of Topliss-reactive ketones (excluding diaryl/α,β-unsaturated/α-hetero) is 3. The highest BCUT2D eigenvalue weighted by molar-refractivity contribution is 5.99. The average Bonchev–Trinajstić information content (AvgIpc) is 0.808. The number of aliphatic carboxylic acids is 8. The highest BCUT2D eigenvalue weighted by Gasteiger charge is 2.36. The number of fused-ring (bicyclic) bond motifs is 1. The van der Waals surface area contributed by atoms with Gasteiger partial charge in [-0.05, 0) is 119 Å². The number of H-pyrrole nitrogens is 1. The van der Waals surface area contributed by atoms with Crippen LogP contribution < -0.4 is 75.9 Å². The van der Waals surface area contributed by atoms with Crippen LogP contribution in [0, 0.1) is 11.8 Å². The van der Waals surface area contributed by atoms with Gasteiger partial charge in [0.2, 0.25) is 35.5 Å². The van der Waals surface area contributed by atoms with Crippen LogP contribution in [0.2, 0.25) is 0 Å². The van der Waals surface area contributed by atoms with Gasteiger partial charge in [0.05, 0.1) is 75.3 Å². The lowest BCUT2D eigenvalue weighted by Gasteiger charge is -2.33. The number of rotatable bonds is 65. The number of unbranched alkanes of at least 4 members (excludes halogenated alkanes) is 5. The maximum atomic E-state index is 14.3. The molecule has 0 unspecified atom stereocenters. The molecule has 752 valence electrons. The van der Waals surface area contributed by atoms with Gasteiger partial charge in [0.1, 0.15) is 36.7 Å². The number of carbonyl (C=O) groups excluding carboxylic acids is 12. The van der Waals surface area contributed by atoms with Crippen LogP contribution in [0.15, 0.2) is 59.5 Å². The number of urea groups is 2. The number of aromatic amines is 1. The number of aromatic nitrogens is 4. The molecule has 0 aliphatic carbocycles. The summed E-state index contributed by atoms with van der Waals surface area (Å²) in [7, 11) is 0. The SMILES string of the molecule is NCCCC[C@H](NC(=O)[C@H](CC(=O)O)CC(=O)[C@H](CC(=O)O)NC(=O)Cc1ccc(CNC(=O)NCCCC[C@H](NC(=O)N[C@@H](CCC(=O)O)C(=O)O)C(=O)O)cc1)C(=O)C[C@@H](CCCCNC(=O)[C@H](CCCCCC(=O)CC[C@H](NC(=O)c1ccc(NCc2cnc3[nH]c(N)nc(=O)c3n2)cc1)C(=O)O)NC(=O)CN1CCN(COC=O)CCN(CC(=O)O)CCN(CC(=O)O)CC1)C(N)=O. The molecule has 3 heterocycles. The van der Waals surface area contributed by atoms with Gasteiger partial charge in [-0.15, -0.1) is 0 Å². The molecule has 51 nitrogen and oxygen atoms in total. The molecule has 51 heteroatoms. The van der Waals surface area contributed by atoms with Crippen molar-refractivity contribution in [2.45, 2.75) is 197 Å². The van der Waals surface area contributed by atoms with Gasteiger partial charge >= 0.3 is 65.4 Å². The Balaban J connectivity index is 1.18. The van der Waals surface area contributed by atoms with Crippen LogP contribution in [-0.4, -0.2) is 334 Å². The third-order valence-corrected chi connectivity index (χ3v) is 21.9. The topological polar surface area (TPSA) is 795 Å². The summed E-state index contributed by atoms with van der Waals surface area (Å²) < 4.78 is 5.04. The predicted octanol–water partition coefficient (Wildman–Crippen LogP) is -2.35. The number of carboxylic acid groups (broad SMARTS) is 8. The van der Waals surface area contributed by atoms with E-state index < -0.39 is 212 Å². The van der Waals surface area contributed by atoms with Crippen LogP contribution in [0.1, 0.15) is 168 Å². The van der Waals surface area contributed by atoms with Gasteiger partial charge in [-0.25, -0.2) is 33.9 Å². The molecule has 25 N–H and O–H groups in total. The van der Waals surface area contributed by atoms with Crippen molar-refractivity contribution >= 4 is 142 Å². The first kappa shape index (κ1) is 113. The fourth-order valence-electron chi connectivity index (χ4n) is 14.4. The fourth-order valence-corrected chi connectivity index (χ4v) is 14.4. The molecule has 4 aromatic rings. The normalized spacial score (nSPS) is 14.5. The number of nitrogen functional groups attached to an aromatic ring is 1. The van der Waals surface area contributed by atoms with E-state index >= 15 is 0 Å². The summed E-state index contributed by atoms with van der Waals surface area (Å²) in [4.78, 5) is 288. The van der Waals surface area contributed by atoms with E-state index in [0.717, 1.165) is 0 Å². The van der Waals surface area contributed by atoms with Crippen molar-refractivity contribution in [1.82, 2.24) is 87.4 Å². The Morgan fingerprint density at radius 3 is 1.57 bits per heavy atom. The average molecular weight is 1930 g/mol. The molecule has 0 bridgehead atoms. The molecule has 2 aromatic carbocycles. The lowest BCUT2D eigenvalue weighted by molar-refractivity contribution is -0.144. The summed E-state index contributed by atoms with van der Waals surface area (Å²) in [6.07, 6.45) is -2.23.